The van der Waals surface area contributed by atoms with Crippen LogP contribution in [0.3, 0.4) is 0 Å². The number of hydrogen-bond acceptors (Lipinski definition) is 4. The number of rotatable bonds is 8. The summed E-state index contributed by atoms with van der Waals surface area (Å²) < 4.78 is 27.0. The number of sulfonamides is 1. The molecule has 1 fully saturated rings. The number of nitrogens with one attached hydrogen (secondary N) is 2. The van der Waals surface area contributed by atoms with Gasteiger partial charge in [0.2, 0.25) is 0 Å². The van der Waals surface area contributed by atoms with E-state index >= 15 is 0 Å². The standard InChI is InChI=1S/C13H21N3O2S/c1-2-14-12-6-4-9-15-13(12)19(17,18)16-10-3-5-11-7-8-11/h4,6,9,11,14,16H,2-3,5,7-8,10H2,1H3. The molecule has 1 aromatic heterocycles. The van der Waals surface area contributed by atoms with Crippen molar-refractivity contribution < 1.29 is 8.42 Å². The number of nitrogens with zero attached hydrogens (tertiary/aromatic N) is 1. The topological polar surface area (TPSA) is 71.1 Å². The van der Waals surface area contributed by atoms with Crippen LogP contribution in [-0.4, -0.2) is 26.5 Å². The first-order valence-electron chi connectivity index (χ1n) is 6.82. The smallest absolute Gasteiger partial charge is 0.260 e. The van der Waals surface area contributed by atoms with E-state index in [1.54, 1.807) is 12.1 Å². The monoisotopic (exact) mass is 283 g/mol. The summed E-state index contributed by atoms with van der Waals surface area (Å²) >= 11 is 0. The fraction of sp³-hybridized carbons (Fsp3) is 0.615. The lowest BCUT2D eigenvalue weighted by Gasteiger charge is -2.10. The Hall–Kier alpha value is -1.14. The van der Waals surface area contributed by atoms with Crippen LogP contribution in [0.2, 0.25) is 0 Å². The van der Waals surface area contributed by atoms with Gasteiger partial charge in [0.1, 0.15) is 0 Å². The fourth-order valence-electron chi connectivity index (χ4n) is 2.00. The minimum Gasteiger partial charge on any atom is -0.383 e. The lowest BCUT2D eigenvalue weighted by atomic mass is 10.2. The zero-order valence-electron chi connectivity index (χ0n) is 11.2. The maximum absolute atomic E-state index is 12.2. The zero-order valence-corrected chi connectivity index (χ0v) is 12.0. The molecule has 0 bridgehead atoms. The van der Waals surface area contributed by atoms with E-state index in [9.17, 15) is 8.42 Å². The van der Waals surface area contributed by atoms with Gasteiger partial charge in [-0.1, -0.05) is 12.8 Å². The highest BCUT2D eigenvalue weighted by Crippen LogP contribution is 2.33. The average Bonchev–Trinajstić information content (AvgIpc) is 3.20. The molecule has 0 saturated heterocycles. The van der Waals surface area contributed by atoms with Crippen LogP contribution in [0.25, 0.3) is 0 Å². The summed E-state index contributed by atoms with van der Waals surface area (Å²) in [6.07, 6.45) is 6.12. The first-order chi connectivity index (χ1) is 9.13. The van der Waals surface area contributed by atoms with Gasteiger partial charge in [0.05, 0.1) is 5.69 Å². The SMILES string of the molecule is CCNc1cccnc1S(=O)(=O)NCCCC1CC1. The third kappa shape index (κ3) is 4.18. The van der Waals surface area contributed by atoms with Crippen molar-refractivity contribution in [2.75, 3.05) is 18.4 Å². The summed E-state index contributed by atoms with van der Waals surface area (Å²) in [4.78, 5) is 3.98. The maximum Gasteiger partial charge on any atom is 0.260 e. The summed E-state index contributed by atoms with van der Waals surface area (Å²) in [5, 5.41) is 3.11. The molecule has 0 aliphatic heterocycles. The number of aromatic nitrogens is 1. The molecule has 0 radical (unpaired) electrons. The fourth-order valence-corrected chi connectivity index (χ4v) is 3.18. The molecule has 1 aromatic rings. The van der Waals surface area contributed by atoms with Crippen LogP contribution in [0.1, 0.15) is 32.6 Å². The molecule has 5 nitrogen and oxygen atoms in total. The summed E-state index contributed by atoms with van der Waals surface area (Å²) in [5.41, 5.74) is 0.555. The molecule has 2 rings (SSSR count). The molecule has 2 N–H and O–H groups in total. The molecule has 0 aromatic carbocycles. The van der Waals surface area contributed by atoms with E-state index in [0.717, 1.165) is 18.8 Å². The van der Waals surface area contributed by atoms with Crippen LogP contribution in [0, 0.1) is 5.92 Å². The van der Waals surface area contributed by atoms with Crippen molar-refractivity contribution in [1.29, 1.82) is 0 Å². The third-order valence-corrected chi connectivity index (χ3v) is 4.59. The number of hydrogen-bond donors (Lipinski definition) is 2. The van der Waals surface area contributed by atoms with Crippen LogP contribution in [-0.2, 0) is 10.0 Å². The Morgan fingerprint density at radius 1 is 1.42 bits per heavy atom. The second-order valence-electron chi connectivity index (χ2n) is 4.87. The van der Waals surface area contributed by atoms with Gasteiger partial charge in [-0.2, -0.15) is 0 Å². The Morgan fingerprint density at radius 2 is 2.21 bits per heavy atom. The number of pyridine rings is 1. The van der Waals surface area contributed by atoms with Crippen molar-refractivity contribution in [2.45, 2.75) is 37.6 Å². The van der Waals surface area contributed by atoms with Gasteiger partial charge >= 0.3 is 0 Å². The predicted octanol–water partition coefficient (Wildman–Crippen LogP) is 1.98. The highest BCUT2D eigenvalue weighted by molar-refractivity contribution is 7.89. The van der Waals surface area contributed by atoms with Gasteiger partial charge < -0.3 is 5.32 Å². The molecule has 1 saturated carbocycles. The van der Waals surface area contributed by atoms with E-state index in [-0.39, 0.29) is 5.03 Å². The van der Waals surface area contributed by atoms with Gasteiger partial charge in [0.25, 0.3) is 10.0 Å². The van der Waals surface area contributed by atoms with Crippen LogP contribution in [0.15, 0.2) is 23.4 Å². The Labute approximate surface area is 114 Å². The van der Waals surface area contributed by atoms with E-state index in [0.29, 0.717) is 18.8 Å². The van der Waals surface area contributed by atoms with Crippen molar-refractivity contribution in [1.82, 2.24) is 9.71 Å². The predicted molar refractivity (Wildman–Crippen MR) is 75.5 cm³/mol. The van der Waals surface area contributed by atoms with E-state index in [2.05, 4.69) is 15.0 Å². The minimum atomic E-state index is -3.51. The quantitative estimate of drug-likeness (QED) is 0.716. The van der Waals surface area contributed by atoms with Crippen molar-refractivity contribution in [3.63, 3.8) is 0 Å². The van der Waals surface area contributed by atoms with Crippen molar-refractivity contribution in [2.24, 2.45) is 5.92 Å². The second kappa shape index (κ2) is 6.34. The van der Waals surface area contributed by atoms with Gasteiger partial charge in [-0.25, -0.2) is 18.1 Å². The molecule has 106 valence electrons. The highest BCUT2D eigenvalue weighted by atomic mass is 32.2. The molecule has 1 aliphatic carbocycles. The van der Waals surface area contributed by atoms with Gasteiger partial charge in [-0.05, 0) is 37.8 Å². The van der Waals surface area contributed by atoms with Gasteiger partial charge in [-0.3, -0.25) is 0 Å². The van der Waals surface area contributed by atoms with Crippen LogP contribution in [0.4, 0.5) is 5.69 Å². The molecular weight excluding hydrogens is 262 g/mol. The normalized spacial score (nSPS) is 15.4. The van der Waals surface area contributed by atoms with E-state index in [1.165, 1.54) is 19.0 Å². The Morgan fingerprint density at radius 3 is 2.89 bits per heavy atom. The Kier molecular flexibility index (Phi) is 4.76. The molecule has 1 heterocycles. The molecule has 0 atom stereocenters. The van der Waals surface area contributed by atoms with Crippen LogP contribution >= 0.6 is 0 Å². The molecule has 6 heteroatoms. The molecule has 19 heavy (non-hydrogen) atoms. The Bertz CT molecular complexity index is 512. The summed E-state index contributed by atoms with van der Waals surface area (Å²) in [6, 6.07) is 3.46. The van der Waals surface area contributed by atoms with Gasteiger partial charge in [0.15, 0.2) is 5.03 Å². The van der Waals surface area contributed by atoms with Crippen molar-refractivity contribution >= 4 is 15.7 Å². The third-order valence-electron chi connectivity index (χ3n) is 3.17. The summed E-state index contributed by atoms with van der Waals surface area (Å²) in [6.45, 7) is 3.07. The number of anilines is 1. The van der Waals surface area contributed by atoms with E-state index in [1.807, 2.05) is 6.92 Å². The minimum absolute atomic E-state index is 0.0864. The van der Waals surface area contributed by atoms with Crippen molar-refractivity contribution in [3.05, 3.63) is 18.3 Å². The highest BCUT2D eigenvalue weighted by Gasteiger charge is 2.22. The molecular formula is C13H21N3O2S. The lowest BCUT2D eigenvalue weighted by Crippen LogP contribution is -2.26. The zero-order chi connectivity index (χ0) is 13.7. The van der Waals surface area contributed by atoms with E-state index < -0.39 is 10.0 Å². The summed E-state index contributed by atoms with van der Waals surface area (Å²) in [7, 11) is -3.51. The van der Waals surface area contributed by atoms with E-state index in [4.69, 9.17) is 0 Å². The molecule has 0 amide bonds. The summed E-state index contributed by atoms with van der Waals surface area (Å²) in [5.74, 6) is 0.830. The second-order valence-corrected chi connectivity index (χ2v) is 6.55. The molecule has 0 spiro atoms. The largest absolute Gasteiger partial charge is 0.383 e. The molecule has 0 unspecified atom stereocenters. The maximum atomic E-state index is 12.2. The van der Waals surface area contributed by atoms with Crippen molar-refractivity contribution in [3.8, 4) is 0 Å². The lowest BCUT2D eigenvalue weighted by molar-refractivity contribution is 0.569. The van der Waals surface area contributed by atoms with Gasteiger partial charge in [-0.15, -0.1) is 0 Å². The average molecular weight is 283 g/mol. The molecule has 1 aliphatic rings. The van der Waals surface area contributed by atoms with Crippen LogP contribution < -0.4 is 10.0 Å². The first-order valence-corrected chi connectivity index (χ1v) is 8.30. The van der Waals surface area contributed by atoms with Crippen LogP contribution in [0.5, 0.6) is 0 Å². The Balaban J connectivity index is 1.96. The van der Waals surface area contributed by atoms with Gasteiger partial charge in [0, 0.05) is 19.3 Å². The first kappa shape index (κ1) is 14.3.